The maximum absolute atomic E-state index is 12.8. The van der Waals surface area contributed by atoms with Gasteiger partial charge in [-0.25, -0.2) is 4.68 Å². The summed E-state index contributed by atoms with van der Waals surface area (Å²) < 4.78 is 1.24. The van der Waals surface area contributed by atoms with E-state index in [4.69, 9.17) is 23.2 Å². The summed E-state index contributed by atoms with van der Waals surface area (Å²) in [5, 5.41) is 6.49. The monoisotopic (exact) mass is 404 g/mol. The molecule has 0 bridgehead atoms. The highest BCUT2D eigenvalue weighted by molar-refractivity contribution is 6.38. The Hall–Kier alpha value is -3.03. The molecule has 0 saturated carbocycles. The van der Waals surface area contributed by atoms with E-state index in [-0.39, 0.29) is 5.69 Å². The Morgan fingerprint density at radius 2 is 1.67 bits per heavy atom. The van der Waals surface area contributed by atoms with E-state index in [0.717, 1.165) is 0 Å². The molecule has 0 atom stereocenters. The van der Waals surface area contributed by atoms with E-state index >= 15 is 0 Å². The first-order valence-corrected chi connectivity index (χ1v) is 8.55. The van der Waals surface area contributed by atoms with Crippen molar-refractivity contribution >= 4 is 57.5 Å². The molecule has 0 aliphatic rings. The van der Waals surface area contributed by atoms with Crippen molar-refractivity contribution in [2.45, 2.75) is 0 Å². The molecule has 138 valence electrons. The van der Waals surface area contributed by atoms with Crippen LogP contribution in [0.25, 0.3) is 10.9 Å². The number of hydrogen-bond donors (Lipinski definition) is 3. The first-order chi connectivity index (χ1) is 12.9. The quantitative estimate of drug-likeness (QED) is 0.585. The van der Waals surface area contributed by atoms with E-state index in [0.29, 0.717) is 26.6 Å². The fraction of sp³-hybridized carbons (Fsp3) is 0.0556. The number of likely N-dealkylation sites (N-methyl/N-ethyl adjacent to an activating group) is 1. The summed E-state index contributed by atoms with van der Waals surface area (Å²) in [6.07, 6.45) is 0. The molecule has 3 amide bonds. The Morgan fingerprint density at radius 1 is 0.926 bits per heavy atom. The SMILES string of the molecule is CNC(=O)C(=O)Nn1c(C(=O)Nc2cccc(Cl)c2)cc2cc(Cl)ccc21. The van der Waals surface area contributed by atoms with Crippen molar-refractivity contribution in [3.63, 3.8) is 0 Å². The smallest absolute Gasteiger partial charge is 0.328 e. The third-order valence-electron chi connectivity index (χ3n) is 3.73. The van der Waals surface area contributed by atoms with Crippen LogP contribution in [-0.2, 0) is 9.59 Å². The number of carbonyl (C=O) groups excluding carboxylic acids is 3. The predicted molar refractivity (Wildman–Crippen MR) is 105 cm³/mol. The zero-order valence-electron chi connectivity index (χ0n) is 14.0. The fourth-order valence-corrected chi connectivity index (χ4v) is 2.87. The lowest BCUT2D eigenvalue weighted by Crippen LogP contribution is -2.38. The Balaban J connectivity index is 2.02. The van der Waals surface area contributed by atoms with Crippen molar-refractivity contribution < 1.29 is 14.4 Å². The van der Waals surface area contributed by atoms with Crippen LogP contribution in [0.1, 0.15) is 10.5 Å². The molecule has 2 aromatic carbocycles. The van der Waals surface area contributed by atoms with Crippen molar-refractivity contribution in [3.8, 4) is 0 Å². The number of benzene rings is 2. The minimum absolute atomic E-state index is 0.115. The third-order valence-corrected chi connectivity index (χ3v) is 4.20. The largest absolute Gasteiger partial charge is 0.351 e. The Morgan fingerprint density at radius 3 is 2.37 bits per heavy atom. The summed E-state index contributed by atoms with van der Waals surface area (Å²) in [4.78, 5) is 36.3. The number of aromatic nitrogens is 1. The van der Waals surface area contributed by atoms with E-state index < -0.39 is 17.7 Å². The molecular weight excluding hydrogens is 391 g/mol. The summed E-state index contributed by atoms with van der Waals surface area (Å²) in [5.41, 5.74) is 3.53. The molecule has 7 nitrogen and oxygen atoms in total. The van der Waals surface area contributed by atoms with Gasteiger partial charge in [0.1, 0.15) is 5.69 Å². The predicted octanol–water partition coefficient (Wildman–Crippen LogP) is 3.02. The number of fused-ring (bicyclic) bond motifs is 1. The highest BCUT2D eigenvalue weighted by atomic mass is 35.5. The van der Waals surface area contributed by atoms with Crippen molar-refractivity contribution in [1.29, 1.82) is 0 Å². The zero-order valence-corrected chi connectivity index (χ0v) is 15.6. The van der Waals surface area contributed by atoms with Crippen LogP contribution in [0.3, 0.4) is 0 Å². The summed E-state index contributed by atoms with van der Waals surface area (Å²) in [5.74, 6) is -2.25. The molecule has 3 aromatic rings. The molecule has 1 heterocycles. The van der Waals surface area contributed by atoms with Gasteiger partial charge < -0.3 is 10.6 Å². The second kappa shape index (κ2) is 7.69. The first-order valence-electron chi connectivity index (χ1n) is 7.80. The van der Waals surface area contributed by atoms with Crippen LogP contribution in [0, 0.1) is 0 Å². The molecule has 0 aliphatic heterocycles. The summed E-state index contributed by atoms with van der Waals surface area (Å²) in [7, 11) is 1.34. The van der Waals surface area contributed by atoms with Crippen LogP contribution in [0.4, 0.5) is 5.69 Å². The van der Waals surface area contributed by atoms with Crippen LogP contribution in [-0.4, -0.2) is 29.4 Å². The number of rotatable bonds is 3. The van der Waals surface area contributed by atoms with Crippen LogP contribution < -0.4 is 16.1 Å². The molecular formula is C18H14Cl2N4O3. The van der Waals surface area contributed by atoms with E-state index in [2.05, 4.69) is 16.1 Å². The summed E-state index contributed by atoms with van der Waals surface area (Å²) >= 11 is 11.9. The van der Waals surface area contributed by atoms with E-state index in [1.807, 2.05) is 0 Å². The summed E-state index contributed by atoms with van der Waals surface area (Å²) in [6.45, 7) is 0. The topological polar surface area (TPSA) is 92.2 Å². The average Bonchev–Trinajstić information content (AvgIpc) is 2.98. The number of halogens is 2. The molecule has 0 unspecified atom stereocenters. The van der Waals surface area contributed by atoms with Crippen LogP contribution in [0.5, 0.6) is 0 Å². The number of carbonyl (C=O) groups is 3. The highest BCUT2D eigenvalue weighted by Crippen LogP contribution is 2.24. The molecule has 0 aliphatic carbocycles. The second-order valence-electron chi connectivity index (χ2n) is 5.55. The number of amides is 3. The average molecular weight is 405 g/mol. The molecule has 0 radical (unpaired) electrons. The van der Waals surface area contributed by atoms with Crippen LogP contribution >= 0.6 is 23.2 Å². The lowest BCUT2D eigenvalue weighted by atomic mass is 10.2. The van der Waals surface area contributed by atoms with E-state index in [1.54, 1.807) is 48.5 Å². The Bertz CT molecular complexity index is 1060. The number of nitrogens with zero attached hydrogens (tertiary/aromatic N) is 1. The van der Waals surface area contributed by atoms with Crippen LogP contribution in [0.15, 0.2) is 48.5 Å². The molecule has 27 heavy (non-hydrogen) atoms. The molecule has 0 spiro atoms. The first kappa shape index (κ1) is 18.8. The molecule has 3 N–H and O–H groups in total. The van der Waals surface area contributed by atoms with Gasteiger partial charge in [-0.2, -0.15) is 0 Å². The maximum atomic E-state index is 12.8. The fourth-order valence-electron chi connectivity index (χ4n) is 2.50. The second-order valence-corrected chi connectivity index (χ2v) is 6.43. The van der Waals surface area contributed by atoms with Gasteiger partial charge in [-0.1, -0.05) is 29.3 Å². The maximum Gasteiger partial charge on any atom is 0.328 e. The molecule has 9 heteroatoms. The highest BCUT2D eigenvalue weighted by Gasteiger charge is 2.20. The molecule has 1 aromatic heterocycles. The normalized spacial score (nSPS) is 10.5. The number of hydrogen-bond acceptors (Lipinski definition) is 3. The van der Waals surface area contributed by atoms with E-state index in [1.165, 1.54) is 11.7 Å². The van der Waals surface area contributed by atoms with Gasteiger partial charge >= 0.3 is 11.8 Å². The number of nitrogens with one attached hydrogen (secondary N) is 3. The van der Waals surface area contributed by atoms with Crippen molar-refractivity contribution in [1.82, 2.24) is 9.99 Å². The Labute approximate surface area is 164 Å². The molecule has 0 saturated heterocycles. The zero-order chi connectivity index (χ0) is 19.6. The lowest BCUT2D eigenvalue weighted by Gasteiger charge is -2.12. The minimum Gasteiger partial charge on any atom is -0.351 e. The standard InChI is InChI=1S/C18H14Cl2N4O3/c1-21-17(26)18(27)23-24-14-6-5-12(20)7-10(14)8-15(24)16(25)22-13-4-2-3-11(19)9-13/h2-9H,1H3,(H,21,26)(H,22,25)(H,23,27). The third kappa shape index (κ3) is 4.05. The molecule has 3 rings (SSSR count). The van der Waals surface area contributed by atoms with Crippen molar-refractivity contribution in [3.05, 3.63) is 64.3 Å². The number of anilines is 1. The van der Waals surface area contributed by atoms with Crippen LogP contribution in [0.2, 0.25) is 10.0 Å². The van der Waals surface area contributed by atoms with Gasteiger partial charge in [0.25, 0.3) is 5.91 Å². The van der Waals surface area contributed by atoms with Gasteiger partial charge in [-0.15, -0.1) is 0 Å². The summed E-state index contributed by atoms with van der Waals surface area (Å²) in [6, 6.07) is 13.1. The lowest BCUT2D eigenvalue weighted by molar-refractivity contribution is -0.136. The van der Waals surface area contributed by atoms with Gasteiger partial charge in [0.05, 0.1) is 5.52 Å². The van der Waals surface area contributed by atoms with Gasteiger partial charge in [-0.05, 0) is 42.5 Å². The minimum atomic E-state index is -0.915. The molecule has 0 fully saturated rings. The van der Waals surface area contributed by atoms with Crippen molar-refractivity contribution in [2.24, 2.45) is 0 Å². The Kier molecular flexibility index (Phi) is 5.34. The van der Waals surface area contributed by atoms with Gasteiger partial charge in [0, 0.05) is 28.2 Å². The van der Waals surface area contributed by atoms with Gasteiger partial charge in [-0.3, -0.25) is 19.8 Å². The van der Waals surface area contributed by atoms with Crippen molar-refractivity contribution in [2.75, 3.05) is 17.8 Å². The van der Waals surface area contributed by atoms with Gasteiger partial charge in [0.2, 0.25) is 0 Å². The van der Waals surface area contributed by atoms with E-state index in [9.17, 15) is 14.4 Å². The van der Waals surface area contributed by atoms with Gasteiger partial charge in [0.15, 0.2) is 0 Å².